The first-order valence-electron chi connectivity index (χ1n) is 19.9. The molecule has 1 saturated carbocycles. The van der Waals surface area contributed by atoms with Crippen molar-refractivity contribution in [1.29, 1.82) is 0 Å². The first-order valence-corrected chi connectivity index (χ1v) is 22.1. The molecule has 1 spiro atoms. The molecule has 2 fully saturated rings. The van der Waals surface area contributed by atoms with Crippen LogP contribution in [0.15, 0.2) is 48.6 Å². The molecule has 1 unspecified atom stereocenters. The highest BCUT2D eigenvalue weighted by atomic mass is 35.5. The lowest BCUT2D eigenvalue weighted by molar-refractivity contribution is -0.104. The highest BCUT2D eigenvalue weighted by molar-refractivity contribution is 7.99. The molecule has 2 bridgehead atoms. The topological polar surface area (TPSA) is 74.4 Å². The molecule has 1 amide bonds. The summed E-state index contributed by atoms with van der Waals surface area (Å²) in [5, 5.41) is 0.437. The maximum atomic E-state index is 14.1. The first-order chi connectivity index (χ1) is 25.2. The number of halogens is 1. The number of amides is 1. The van der Waals surface area contributed by atoms with Gasteiger partial charge in [-0.1, -0.05) is 43.7 Å². The summed E-state index contributed by atoms with van der Waals surface area (Å²) >= 11 is 6.53. The molecule has 0 aromatic heterocycles. The van der Waals surface area contributed by atoms with Crippen LogP contribution < -0.4 is 14.4 Å². The molecule has 3 heterocycles. The molecule has 1 saturated heterocycles. The SMILES string of the molecule is C=S1(=O)NC(=O)c2ccc3c(c2)N(C[C@@H]2CC[C@H]2[C@](CN2CCN(CC)C(C)(C)C2)(OC)/C=C/C[C@H](C)[C@H]1C)C[C@@]1(CCCc2cc(Cl)ccc21)CO3. The summed E-state index contributed by atoms with van der Waals surface area (Å²) in [5.74, 6) is 5.22. The number of carbonyl (C=O) groups is 1. The molecule has 1 N–H and O–H groups in total. The van der Waals surface area contributed by atoms with E-state index < -0.39 is 15.3 Å². The third kappa shape index (κ3) is 7.42. The zero-order chi connectivity index (χ0) is 37.8. The van der Waals surface area contributed by atoms with E-state index in [1.165, 1.54) is 11.1 Å². The molecule has 290 valence electrons. The van der Waals surface area contributed by atoms with E-state index in [1.54, 1.807) is 6.07 Å². The van der Waals surface area contributed by atoms with Crippen LogP contribution >= 0.6 is 11.6 Å². The number of methoxy groups -OCH3 is 1. The summed E-state index contributed by atoms with van der Waals surface area (Å²) < 4.78 is 30.5. The Kier molecular flexibility index (Phi) is 10.8. The number of hydrogen-bond donors (Lipinski definition) is 1. The molecule has 2 aliphatic carbocycles. The Morgan fingerprint density at radius 1 is 1.11 bits per heavy atom. The van der Waals surface area contributed by atoms with E-state index in [-0.39, 0.29) is 28.0 Å². The van der Waals surface area contributed by atoms with Gasteiger partial charge in [-0.25, -0.2) is 4.21 Å². The second-order valence-electron chi connectivity index (χ2n) is 17.5. The second kappa shape index (κ2) is 14.8. The van der Waals surface area contributed by atoms with Crippen molar-refractivity contribution >= 4 is 38.8 Å². The minimum absolute atomic E-state index is 0.0311. The van der Waals surface area contributed by atoms with Crippen LogP contribution in [0.4, 0.5) is 5.69 Å². The van der Waals surface area contributed by atoms with Crippen molar-refractivity contribution in [2.75, 3.05) is 64.4 Å². The summed E-state index contributed by atoms with van der Waals surface area (Å²) in [5.41, 5.74) is 3.38. The fraction of sp³-hybridized carbons (Fsp3) is 0.628. The van der Waals surface area contributed by atoms with E-state index in [1.807, 2.05) is 32.2 Å². The smallest absolute Gasteiger partial charge is 0.262 e. The van der Waals surface area contributed by atoms with Gasteiger partial charge in [0.15, 0.2) is 0 Å². The minimum Gasteiger partial charge on any atom is -0.490 e. The molecule has 5 aliphatic rings. The number of nitrogens with one attached hydrogen (secondary N) is 1. The van der Waals surface area contributed by atoms with E-state index in [2.05, 4.69) is 77.3 Å². The van der Waals surface area contributed by atoms with Crippen LogP contribution in [-0.4, -0.2) is 102 Å². The van der Waals surface area contributed by atoms with Gasteiger partial charge in [-0.05, 0) is 131 Å². The predicted octanol–water partition coefficient (Wildman–Crippen LogP) is 6.99. The third-order valence-electron chi connectivity index (χ3n) is 13.8. The minimum atomic E-state index is -2.96. The zero-order valence-corrected chi connectivity index (χ0v) is 34.4. The van der Waals surface area contributed by atoms with E-state index >= 15 is 0 Å². The number of nitrogens with zero attached hydrogens (tertiary/aromatic N) is 3. The predicted molar refractivity (Wildman–Crippen MR) is 219 cm³/mol. The van der Waals surface area contributed by atoms with E-state index in [0.29, 0.717) is 24.0 Å². The van der Waals surface area contributed by atoms with Crippen molar-refractivity contribution < 1.29 is 18.5 Å². The average Bonchev–Trinajstić information content (AvgIpc) is 3.25. The first kappa shape index (κ1) is 38.7. The number of fused-ring (bicyclic) bond motifs is 4. The van der Waals surface area contributed by atoms with Crippen molar-refractivity contribution in [1.82, 2.24) is 14.5 Å². The normalized spacial score (nSPS) is 35.6. The maximum Gasteiger partial charge on any atom is 0.262 e. The number of rotatable bonds is 4. The van der Waals surface area contributed by atoms with Gasteiger partial charge >= 0.3 is 0 Å². The summed E-state index contributed by atoms with van der Waals surface area (Å²) in [6.45, 7) is 18.1. The van der Waals surface area contributed by atoms with E-state index in [9.17, 15) is 9.00 Å². The van der Waals surface area contributed by atoms with Crippen molar-refractivity contribution in [2.45, 2.75) is 94.9 Å². The second-order valence-corrected chi connectivity index (χ2v) is 20.3. The molecule has 2 aromatic rings. The Hall–Kier alpha value is -2.56. The van der Waals surface area contributed by atoms with Gasteiger partial charge in [0, 0.05) is 73.2 Å². The van der Waals surface area contributed by atoms with Gasteiger partial charge in [-0.3, -0.25) is 19.3 Å². The maximum absolute atomic E-state index is 14.1. The number of ether oxygens (including phenoxy) is 2. The fourth-order valence-electron chi connectivity index (χ4n) is 10.3. The van der Waals surface area contributed by atoms with Crippen molar-refractivity contribution in [3.05, 3.63) is 70.3 Å². The lowest BCUT2D eigenvalue weighted by Gasteiger charge is -2.54. The molecule has 53 heavy (non-hydrogen) atoms. The van der Waals surface area contributed by atoms with Crippen LogP contribution in [-0.2, 0) is 26.3 Å². The van der Waals surface area contributed by atoms with Crippen molar-refractivity contribution in [3.63, 3.8) is 0 Å². The van der Waals surface area contributed by atoms with E-state index in [0.717, 1.165) is 101 Å². The number of piperazine rings is 1. The third-order valence-corrected chi connectivity index (χ3v) is 16.2. The van der Waals surface area contributed by atoms with Crippen LogP contribution in [0.3, 0.4) is 0 Å². The number of benzene rings is 2. The zero-order valence-electron chi connectivity index (χ0n) is 32.8. The Morgan fingerprint density at radius 2 is 1.92 bits per heavy atom. The van der Waals surface area contributed by atoms with Crippen molar-refractivity contribution in [3.8, 4) is 5.75 Å². The molecule has 0 radical (unpaired) electrons. The summed E-state index contributed by atoms with van der Waals surface area (Å²) in [6.07, 6.45) is 10.6. The average molecular weight is 766 g/mol. The van der Waals surface area contributed by atoms with Gasteiger partial charge in [0.25, 0.3) is 5.91 Å². The molecule has 7 rings (SSSR count). The summed E-state index contributed by atoms with van der Waals surface area (Å²) in [4.78, 5) is 21.5. The standard InChI is InChI=1S/C43H61ClN4O4S/c1-8-48-22-21-46(26-41(48,4)5)28-43(51-6)20-9-11-30(2)31(3)53(7,50)45-40(49)33-14-18-39-38(24-33)47(25-34-13-16-37(34)43)27-42(29-52-39)19-10-12-32-23-35(44)15-17-36(32)42/h9,14-15,17-18,20,23-24,30-31,34,37H,7-8,10-13,16,19,21-22,25-29H2,1-6H3,(H,45,49,50)/b20-9+/t30-,31+,34-,37+,42-,43-,53?/m0/s1. The number of hydrogen-bond acceptors (Lipinski definition) is 7. The highest BCUT2D eigenvalue weighted by Gasteiger charge is 2.50. The number of likely N-dealkylation sites (N-methyl/N-ethyl adjacent to an activating group) is 1. The van der Waals surface area contributed by atoms with Crippen LogP contribution in [0.2, 0.25) is 5.02 Å². The van der Waals surface area contributed by atoms with Gasteiger partial charge in [-0.15, -0.1) is 0 Å². The Morgan fingerprint density at radius 3 is 2.64 bits per heavy atom. The van der Waals surface area contributed by atoms with Gasteiger partial charge in [0.1, 0.15) is 11.4 Å². The number of allylic oxidation sites excluding steroid dienone is 1. The van der Waals surface area contributed by atoms with Gasteiger partial charge in [0.05, 0.1) is 22.0 Å². The van der Waals surface area contributed by atoms with Gasteiger partial charge in [-0.2, -0.15) is 0 Å². The van der Waals surface area contributed by atoms with Crippen LogP contribution in [0.1, 0.15) is 88.2 Å². The monoisotopic (exact) mass is 764 g/mol. The molecule has 7 atom stereocenters. The lowest BCUT2D eigenvalue weighted by atomic mass is 9.63. The highest BCUT2D eigenvalue weighted by Crippen LogP contribution is 2.49. The molecule has 10 heteroatoms. The molecule has 8 nitrogen and oxygen atoms in total. The number of anilines is 1. The summed E-state index contributed by atoms with van der Waals surface area (Å²) in [7, 11) is -1.06. The summed E-state index contributed by atoms with van der Waals surface area (Å²) in [6, 6.07) is 12.1. The largest absolute Gasteiger partial charge is 0.490 e. The Bertz CT molecular complexity index is 1830. The fourth-order valence-corrected chi connectivity index (χ4v) is 11.9. The Balaban J connectivity index is 1.30. The van der Waals surface area contributed by atoms with Crippen molar-refractivity contribution in [2.24, 2.45) is 17.8 Å². The molecular weight excluding hydrogens is 704 g/mol. The quantitative estimate of drug-likeness (QED) is 0.266. The van der Waals surface area contributed by atoms with Crippen LogP contribution in [0, 0.1) is 17.8 Å². The molecule has 3 aliphatic heterocycles. The van der Waals surface area contributed by atoms with Crippen LogP contribution in [0.25, 0.3) is 0 Å². The molecule has 2 aromatic carbocycles. The van der Waals surface area contributed by atoms with E-state index in [4.69, 9.17) is 21.1 Å². The van der Waals surface area contributed by atoms with Crippen LogP contribution in [0.5, 0.6) is 5.75 Å². The van der Waals surface area contributed by atoms with Gasteiger partial charge < -0.3 is 14.4 Å². The molecular formula is C43H61ClN4O4S. The Labute approximate surface area is 323 Å². The number of aryl methyl sites for hydroxylation is 1. The van der Waals surface area contributed by atoms with Gasteiger partial charge in [0.2, 0.25) is 0 Å². The number of carbonyl (C=O) groups excluding carboxylic acids is 1. The lowest BCUT2D eigenvalue weighted by Crippen LogP contribution is -2.63.